The summed E-state index contributed by atoms with van der Waals surface area (Å²) in [5.41, 5.74) is 1.94. The summed E-state index contributed by atoms with van der Waals surface area (Å²) in [5, 5.41) is 6.85. The fourth-order valence-electron chi connectivity index (χ4n) is 3.43. The molecule has 1 aliphatic carbocycles. The number of nitrogens with one attached hydrogen (secondary N) is 1. The highest BCUT2D eigenvalue weighted by Gasteiger charge is 2.53. The largest absolute Gasteiger partial charge is 0.317 e. The Morgan fingerprint density at radius 3 is 2.94 bits per heavy atom. The lowest BCUT2D eigenvalue weighted by atomic mass is 9.92. The van der Waals surface area contributed by atoms with Crippen molar-refractivity contribution in [3.8, 4) is 0 Å². The monoisotopic (exact) mass is 265 g/mol. The molecule has 1 aromatic rings. The highest BCUT2D eigenvalue weighted by molar-refractivity contribution is 7.09. The third-order valence-corrected chi connectivity index (χ3v) is 5.41. The van der Waals surface area contributed by atoms with Crippen LogP contribution in [0, 0.1) is 18.3 Å². The highest BCUT2D eigenvalue weighted by atomic mass is 32.1. The highest BCUT2D eigenvalue weighted by Crippen LogP contribution is 2.58. The summed E-state index contributed by atoms with van der Waals surface area (Å²) in [6.45, 7) is 6.79. The summed E-state index contributed by atoms with van der Waals surface area (Å²) in [6.07, 6.45) is 4.23. The molecule has 1 saturated carbocycles. The van der Waals surface area contributed by atoms with Crippen molar-refractivity contribution in [3.63, 3.8) is 0 Å². The maximum Gasteiger partial charge on any atom is 0.0897 e. The lowest BCUT2D eigenvalue weighted by Gasteiger charge is -2.25. The van der Waals surface area contributed by atoms with Crippen molar-refractivity contribution in [1.82, 2.24) is 15.2 Å². The van der Waals surface area contributed by atoms with E-state index in [1.54, 1.807) is 11.3 Å². The molecule has 2 heterocycles. The Hall–Kier alpha value is -0.450. The minimum absolute atomic E-state index is 0.706. The molecule has 18 heavy (non-hydrogen) atoms. The number of hydrogen-bond acceptors (Lipinski definition) is 4. The Kier molecular flexibility index (Phi) is 3.43. The molecular weight excluding hydrogens is 242 g/mol. The van der Waals surface area contributed by atoms with Crippen molar-refractivity contribution in [2.24, 2.45) is 11.3 Å². The molecule has 1 saturated heterocycles. The van der Waals surface area contributed by atoms with Crippen molar-refractivity contribution >= 4 is 11.3 Å². The van der Waals surface area contributed by atoms with Crippen LogP contribution in [-0.2, 0) is 6.54 Å². The number of rotatable bonds is 4. The van der Waals surface area contributed by atoms with Gasteiger partial charge < -0.3 is 10.2 Å². The van der Waals surface area contributed by atoms with E-state index in [1.165, 1.54) is 49.6 Å². The lowest BCUT2D eigenvalue weighted by Crippen LogP contribution is -2.31. The van der Waals surface area contributed by atoms with Gasteiger partial charge in [-0.15, -0.1) is 11.3 Å². The second-order valence-corrected chi connectivity index (χ2v) is 7.13. The van der Waals surface area contributed by atoms with E-state index in [9.17, 15) is 0 Å². The average molecular weight is 265 g/mol. The van der Waals surface area contributed by atoms with Crippen LogP contribution in [0.5, 0.6) is 0 Å². The average Bonchev–Trinajstić information content (AvgIpc) is 2.80. The van der Waals surface area contributed by atoms with E-state index < -0.39 is 0 Å². The van der Waals surface area contributed by atoms with Crippen LogP contribution in [-0.4, -0.2) is 36.6 Å². The molecule has 1 aromatic heterocycles. The minimum Gasteiger partial charge on any atom is -0.317 e. The molecule has 1 atom stereocenters. The molecule has 100 valence electrons. The van der Waals surface area contributed by atoms with E-state index in [2.05, 4.69) is 34.6 Å². The van der Waals surface area contributed by atoms with Crippen molar-refractivity contribution in [2.45, 2.75) is 32.7 Å². The van der Waals surface area contributed by atoms with Crippen LogP contribution in [0.15, 0.2) is 5.38 Å². The predicted molar refractivity (Wildman–Crippen MR) is 75.8 cm³/mol. The molecule has 3 nitrogen and oxygen atoms in total. The van der Waals surface area contributed by atoms with Crippen molar-refractivity contribution in [1.29, 1.82) is 0 Å². The van der Waals surface area contributed by atoms with Crippen LogP contribution in [0.3, 0.4) is 0 Å². The Balaban J connectivity index is 1.49. The molecule has 0 aromatic carbocycles. The van der Waals surface area contributed by atoms with Gasteiger partial charge in [0.15, 0.2) is 0 Å². The fraction of sp³-hybridized carbons (Fsp3) is 0.786. The van der Waals surface area contributed by atoms with E-state index in [1.807, 2.05) is 0 Å². The van der Waals surface area contributed by atoms with Crippen LogP contribution in [0.1, 0.15) is 30.0 Å². The third kappa shape index (κ3) is 2.60. The number of nitrogens with zero attached hydrogens (tertiary/aromatic N) is 2. The molecule has 0 bridgehead atoms. The normalized spacial score (nSPS) is 25.8. The van der Waals surface area contributed by atoms with E-state index >= 15 is 0 Å². The number of hydrogen-bond donors (Lipinski definition) is 1. The fourth-order valence-corrected chi connectivity index (χ4v) is 4.03. The molecule has 1 N–H and O–H groups in total. The standard InChI is InChI=1S/C14H23N3S/c1-11-16-13(10-18-11)9-17(2)8-12-7-14(12)3-5-15-6-4-14/h10,12,15H,3-9H2,1-2H3. The second kappa shape index (κ2) is 4.91. The van der Waals surface area contributed by atoms with Gasteiger partial charge in [-0.3, -0.25) is 0 Å². The van der Waals surface area contributed by atoms with Crippen molar-refractivity contribution < 1.29 is 0 Å². The molecule has 2 fully saturated rings. The van der Waals surface area contributed by atoms with Gasteiger partial charge >= 0.3 is 0 Å². The SMILES string of the molecule is Cc1nc(CN(C)CC2CC23CCNCC3)cs1. The smallest absolute Gasteiger partial charge is 0.0897 e. The second-order valence-electron chi connectivity index (χ2n) is 6.07. The van der Waals surface area contributed by atoms with Crippen LogP contribution in [0.25, 0.3) is 0 Å². The van der Waals surface area contributed by atoms with Crippen molar-refractivity contribution in [3.05, 3.63) is 16.1 Å². The quantitative estimate of drug-likeness (QED) is 0.905. The van der Waals surface area contributed by atoms with E-state index in [0.717, 1.165) is 12.5 Å². The molecule has 3 rings (SSSR count). The summed E-state index contributed by atoms with van der Waals surface area (Å²) >= 11 is 1.76. The first-order valence-corrected chi connectivity index (χ1v) is 7.86. The zero-order chi connectivity index (χ0) is 12.6. The van der Waals surface area contributed by atoms with Crippen LogP contribution in [0.4, 0.5) is 0 Å². The molecule has 4 heteroatoms. The first-order valence-electron chi connectivity index (χ1n) is 6.98. The Morgan fingerprint density at radius 1 is 1.50 bits per heavy atom. The third-order valence-electron chi connectivity index (χ3n) is 4.59. The topological polar surface area (TPSA) is 28.2 Å². The summed E-state index contributed by atoms with van der Waals surface area (Å²) in [6, 6.07) is 0. The number of thiazole rings is 1. The Labute approximate surface area is 114 Å². The van der Waals surface area contributed by atoms with E-state index in [4.69, 9.17) is 0 Å². The molecule has 2 aliphatic rings. The Bertz CT molecular complexity index is 409. The van der Waals surface area contributed by atoms with Crippen molar-refractivity contribution in [2.75, 3.05) is 26.7 Å². The molecule has 1 spiro atoms. The molecule has 1 aliphatic heterocycles. The van der Waals surface area contributed by atoms with Gasteiger partial charge in [-0.1, -0.05) is 0 Å². The van der Waals surface area contributed by atoms with Gasteiger partial charge in [0.25, 0.3) is 0 Å². The maximum absolute atomic E-state index is 4.55. The van der Waals surface area contributed by atoms with Gasteiger partial charge in [0.05, 0.1) is 10.7 Å². The molecule has 0 radical (unpaired) electrons. The number of aryl methyl sites for hydroxylation is 1. The predicted octanol–water partition coefficient (Wildman–Crippen LogP) is 2.27. The minimum atomic E-state index is 0.706. The summed E-state index contributed by atoms with van der Waals surface area (Å²) < 4.78 is 0. The van der Waals surface area contributed by atoms with Crippen LogP contribution in [0.2, 0.25) is 0 Å². The van der Waals surface area contributed by atoms with Gasteiger partial charge in [-0.25, -0.2) is 4.98 Å². The first-order chi connectivity index (χ1) is 8.68. The maximum atomic E-state index is 4.55. The lowest BCUT2D eigenvalue weighted by molar-refractivity contribution is 0.256. The summed E-state index contributed by atoms with van der Waals surface area (Å²) in [4.78, 5) is 7.00. The Morgan fingerprint density at radius 2 is 2.28 bits per heavy atom. The zero-order valence-electron chi connectivity index (χ0n) is 11.4. The summed E-state index contributed by atoms with van der Waals surface area (Å²) in [7, 11) is 2.24. The van der Waals surface area contributed by atoms with Crippen LogP contribution < -0.4 is 5.32 Å². The van der Waals surface area contributed by atoms with Gasteiger partial charge in [0.2, 0.25) is 0 Å². The first kappa shape index (κ1) is 12.6. The van der Waals surface area contributed by atoms with Gasteiger partial charge in [0, 0.05) is 18.5 Å². The molecule has 0 amide bonds. The number of aromatic nitrogens is 1. The summed E-state index contributed by atoms with van der Waals surface area (Å²) in [5.74, 6) is 0.935. The number of piperidine rings is 1. The molecular formula is C14H23N3S. The van der Waals surface area contributed by atoms with E-state index in [-0.39, 0.29) is 0 Å². The van der Waals surface area contributed by atoms with Crippen LogP contribution >= 0.6 is 11.3 Å². The van der Waals surface area contributed by atoms with Gasteiger partial charge in [-0.2, -0.15) is 0 Å². The zero-order valence-corrected chi connectivity index (χ0v) is 12.2. The van der Waals surface area contributed by atoms with Gasteiger partial charge in [-0.05, 0) is 57.7 Å². The molecule has 1 unspecified atom stereocenters. The van der Waals surface area contributed by atoms with Gasteiger partial charge in [0.1, 0.15) is 0 Å². The van der Waals surface area contributed by atoms with E-state index in [0.29, 0.717) is 5.41 Å².